The molecule has 0 radical (unpaired) electrons. The Bertz CT molecular complexity index is 1070. The van der Waals surface area contributed by atoms with Crippen molar-refractivity contribution in [2.75, 3.05) is 25.4 Å². The van der Waals surface area contributed by atoms with Gasteiger partial charge in [0.15, 0.2) is 0 Å². The van der Waals surface area contributed by atoms with Gasteiger partial charge in [0, 0.05) is 17.0 Å². The predicted molar refractivity (Wildman–Crippen MR) is 110 cm³/mol. The second kappa shape index (κ2) is 9.11. The number of rotatable bonds is 7. The van der Waals surface area contributed by atoms with Crippen LogP contribution in [0.4, 0.5) is 11.5 Å². The molecule has 29 heavy (non-hydrogen) atoms. The summed E-state index contributed by atoms with van der Waals surface area (Å²) in [6.45, 7) is 0. The number of carbonyl (C=O) groups is 1. The molecule has 10 heteroatoms. The molecule has 3 aromatic rings. The van der Waals surface area contributed by atoms with Crippen molar-refractivity contribution in [3.63, 3.8) is 0 Å². The van der Waals surface area contributed by atoms with Gasteiger partial charge in [0.1, 0.15) is 5.75 Å². The molecule has 0 aliphatic heterocycles. The number of methoxy groups -OCH3 is 2. The molecule has 0 saturated carbocycles. The summed E-state index contributed by atoms with van der Waals surface area (Å²) < 4.78 is 10.9. The summed E-state index contributed by atoms with van der Waals surface area (Å²) in [4.78, 5) is 24.0. The van der Waals surface area contributed by atoms with Crippen LogP contribution in [0.3, 0.4) is 0 Å². The molecular formula is C19H19N5O4S. The Kier molecular flexibility index (Phi) is 6.35. The highest BCUT2D eigenvalue weighted by molar-refractivity contribution is 7.98. The number of nitrogen functional groups attached to an aromatic ring is 1. The average Bonchev–Trinajstić information content (AvgIpc) is 2.76. The SMILES string of the molecule is COC(=O)c1ccc(Nc2nnc(SCc3ccccc3OC)n(N)c2=O)cc1. The summed E-state index contributed by atoms with van der Waals surface area (Å²) in [7, 11) is 2.90. The number of hydrogen-bond acceptors (Lipinski definition) is 9. The quantitative estimate of drug-likeness (QED) is 0.341. The third-order valence-corrected chi connectivity index (χ3v) is 4.97. The number of nitrogens with two attached hydrogens (primary N) is 1. The van der Waals surface area contributed by atoms with Gasteiger partial charge >= 0.3 is 11.5 Å². The fourth-order valence-corrected chi connectivity index (χ4v) is 3.31. The summed E-state index contributed by atoms with van der Waals surface area (Å²) in [6.07, 6.45) is 0. The maximum atomic E-state index is 12.5. The first-order chi connectivity index (χ1) is 14.0. The average molecular weight is 413 g/mol. The van der Waals surface area contributed by atoms with Crippen LogP contribution in [0.2, 0.25) is 0 Å². The lowest BCUT2D eigenvalue weighted by Gasteiger charge is -2.10. The number of nitrogens with zero attached hydrogens (tertiary/aromatic N) is 3. The Morgan fingerprint density at radius 3 is 2.55 bits per heavy atom. The van der Waals surface area contributed by atoms with Crippen molar-refractivity contribution < 1.29 is 14.3 Å². The minimum absolute atomic E-state index is 0.0278. The van der Waals surface area contributed by atoms with E-state index in [1.165, 1.54) is 18.9 Å². The number of anilines is 2. The lowest BCUT2D eigenvalue weighted by molar-refractivity contribution is 0.0601. The molecule has 0 spiro atoms. The van der Waals surface area contributed by atoms with E-state index in [-0.39, 0.29) is 11.0 Å². The van der Waals surface area contributed by atoms with E-state index in [1.807, 2.05) is 24.3 Å². The number of thioether (sulfide) groups is 1. The van der Waals surface area contributed by atoms with Crippen molar-refractivity contribution in [2.24, 2.45) is 0 Å². The molecule has 2 aromatic carbocycles. The van der Waals surface area contributed by atoms with Gasteiger partial charge in [-0.05, 0) is 30.3 Å². The van der Waals surface area contributed by atoms with Crippen LogP contribution in [0.25, 0.3) is 0 Å². The van der Waals surface area contributed by atoms with Gasteiger partial charge in [-0.1, -0.05) is 30.0 Å². The van der Waals surface area contributed by atoms with E-state index in [9.17, 15) is 9.59 Å². The number of nitrogens with one attached hydrogen (secondary N) is 1. The highest BCUT2D eigenvalue weighted by Gasteiger charge is 2.13. The van der Waals surface area contributed by atoms with Gasteiger partial charge in [0.05, 0.1) is 19.8 Å². The molecule has 0 amide bonds. The highest BCUT2D eigenvalue weighted by atomic mass is 32.2. The standard InChI is InChI=1S/C19H19N5O4S/c1-27-15-6-4-3-5-13(15)11-29-19-23-22-16(17(25)24(19)20)21-14-9-7-12(8-10-14)18(26)28-2/h3-10H,11,20H2,1-2H3,(H,21,22). The van der Waals surface area contributed by atoms with Gasteiger partial charge in [-0.15, -0.1) is 10.2 Å². The van der Waals surface area contributed by atoms with E-state index < -0.39 is 11.5 Å². The predicted octanol–water partition coefficient (Wildman–Crippen LogP) is 2.18. The van der Waals surface area contributed by atoms with Crippen LogP contribution in [-0.4, -0.2) is 35.1 Å². The lowest BCUT2D eigenvalue weighted by atomic mass is 10.2. The first-order valence-electron chi connectivity index (χ1n) is 8.48. The molecule has 0 aliphatic rings. The summed E-state index contributed by atoms with van der Waals surface area (Å²) in [5.74, 6) is 6.68. The molecule has 0 unspecified atom stereocenters. The molecule has 0 fully saturated rings. The molecule has 1 heterocycles. The summed E-state index contributed by atoms with van der Waals surface area (Å²) in [5, 5.41) is 11.1. The normalized spacial score (nSPS) is 10.4. The zero-order valence-electron chi connectivity index (χ0n) is 15.8. The Balaban J connectivity index is 1.74. The molecule has 0 saturated heterocycles. The third-order valence-electron chi connectivity index (χ3n) is 3.98. The Hall–Kier alpha value is -3.53. The molecule has 0 atom stereocenters. The second-order valence-electron chi connectivity index (χ2n) is 5.80. The van der Waals surface area contributed by atoms with Crippen LogP contribution in [-0.2, 0) is 10.5 Å². The topological polar surface area (TPSA) is 121 Å². The van der Waals surface area contributed by atoms with Crippen LogP contribution in [0.1, 0.15) is 15.9 Å². The van der Waals surface area contributed by atoms with E-state index in [2.05, 4.69) is 20.3 Å². The zero-order valence-corrected chi connectivity index (χ0v) is 16.6. The monoisotopic (exact) mass is 413 g/mol. The molecular weight excluding hydrogens is 394 g/mol. The van der Waals surface area contributed by atoms with E-state index in [0.29, 0.717) is 17.0 Å². The molecule has 1 aromatic heterocycles. The summed E-state index contributed by atoms with van der Waals surface area (Å²) >= 11 is 1.27. The number of aromatic nitrogens is 3. The largest absolute Gasteiger partial charge is 0.496 e. The van der Waals surface area contributed by atoms with E-state index in [4.69, 9.17) is 10.6 Å². The van der Waals surface area contributed by atoms with Gasteiger partial charge < -0.3 is 20.6 Å². The number of ether oxygens (including phenoxy) is 2. The minimum Gasteiger partial charge on any atom is -0.496 e. The molecule has 150 valence electrons. The van der Waals surface area contributed by atoms with Crippen molar-refractivity contribution in [2.45, 2.75) is 10.9 Å². The van der Waals surface area contributed by atoms with Crippen LogP contribution in [0.5, 0.6) is 5.75 Å². The molecule has 3 N–H and O–H groups in total. The van der Waals surface area contributed by atoms with E-state index in [1.54, 1.807) is 31.4 Å². The number of hydrogen-bond donors (Lipinski definition) is 2. The van der Waals surface area contributed by atoms with Gasteiger partial charge in [0.2, 0.25) is 11.0 Å². The van der Waals surface area contributed by atoms with Crippen LogP contribution in [0, 0.1) is 0 Å². The maximum Gasteiger partial charge on any atom is 0.337 e. The van der Waals surface area contributed by atoms with Crippen molar-refractivity contribution >= 4 is 29.2 Å². The zero-order chi connectivity index (χ0) is 20.8. The Morgan fingerprint density at radius 2 is 1.86 bits per heavy atom. The smallest absolute Gasteiger partial charge is 0.337 e. The van der Waals surface area contributed by atoms with Crippen molar-refractivity contribution in [3.05, 3.63) is 70.0 Å². The Morgan fingerprint density at radius 1 is 1.14 bits per heavy atom. The van der Waals surface area contributed by atoms with Crippen molar-refractivity contribution in [1.82, 2.24) is 14.9 Å². The number of carbonyl (C=O) groups excluding carboxylic acids is 1. The summed E-state index contributed by atoms with van der Waals surface area (Å²) in [5.41, 5.74) is 1.36. The number of esters is 1. The van der Waals surface area contributed by atoms with Gasteiger partial charge in [-0.3, -0.25) is 4.79 Å². The van der Waals surface area contributed by atoms with Gasteiger partial charge in [-0.2, -0.15) is 4.68 Å². The first kappa shape index (κ1) is 20.2. The van der Waals surface area contributed by atoms with Crippen LogP contribution >= 0.6 is 11.8 Å². The van der Waals surface area contributed by atoms with E-state index >= 15 is 0 Å². The summed E-state index contributed by atoms with van der Waals surface area (Å²) in [6, 6.07) is 13.9. The molecule has 3 rings (SSSR count). The molecule has 0 bridgehead atoms. The fourth-order valence-electron chi connectivity index (χ4n) is 2.47. The first-order valence-corrected chi connectivity index (χ1v) is 9.47. The lowest BCUT2D eigenvalue weighted by Crippen LogP contribution is -2.32. The highest BCUT2D eigenvalue weighted by Crippen LogP contribution is 2.25. The third kappa shape index (κ3) is 4.66. The maximum absolute atomic E-state index is 12.5. The number of para-hydroxylation sites is 1. The fraction of sp³-hybridized carbons (Fsp3) is 0.158. The molecule has 0 aliphatic carbocycles. The van der Waals surface area contributed by atoms with Crippen molar-refractivity contribution in [1.29, 1.82) is 0 Å². The molecule has 9 nitrogen and oxygen atoms in total. The van der Waals surface area contributed by atoms with Gasteiger partial charge in [0.25, 0.3) is 0 Å². The van der Waals surface area contributed by atoms with Crippen LogP contribution < -0.4 is 21.5 Å². The van der Waals surface area contributed by atoms with Gasteiger partial charge in [-0.25, -0.2) is 4.79 Å². The van der Waals surface area contributed by atoms with Crippen molar-refractivity contribution in [3.8, 4) is 5.75 Å². The second-order valence-corrected chi connectivity index (χ2v) is 6.74. The number of benzene rings is 2. The Labute approximate surface area is 170 Å². The van der Waals surface area contributed by atoms with Crippen LogP contribution in [0.15, 0.2) is 58.5 Å². The van der Waals surface area contributed by atoms with E-state index in [0.717, 1.165) is 16.0 Å². The minimum atomic E-state index is -0.528.